The third kappa shape index (κ3) is 78.9. The molecule has 0 unspecified atom stereocenters. The number of hydrogen-bond donors (Lipinski definition) is 4. The van der Waals surface area contributed by atoms with Crippen molar-refractivity contribution in [3.8, 4) is 0 Å². The van der Waals surface area contributed by atoms with Crippen LogP contribution in [0.2, 0.25) is 50.4 Å². The number of halogens is 3. The predicted molar refractivity (Wildman–Crippen MR) is 254 cm³/mol. The van der Waals surface area contributed by atoms with Gasteiger partial charge in [-0.05, 0) is 101 Å². The first-order valence-corrected chi connectivity index (χ1v) is 34.8. The number of rotatable bonds is 23. The molecule has 0 aromatic rings. The third-order valence-corrected chi connectivity index (χ3v) is 21.1. The van der Waals surface area contributed by atoms with Gasteiger partial charge in [-0.3, -0.25) is 31.8 Å². The van der Waals surface area contributed by atoms with E-state index in [2.05, 4.69) is 40.3 Å². The molecule has 0 saturated heterocycles. The number of thiol groups is 1. The van der Waals surface area contributed by atoms with Crippen molar-refractivity contribution in [2.45, 2.75) is 90.4 Å². The number of sulfone groups is 2. The van der Waals surface area contributed by atoms with Gasteiger partial charge in [0.15, 0.2) is 0 Å². The minimum atomic E-state index is -4.02. The van der Waals surface area contributed by atoms with Crippen LogP contribution in [-0.4, -0.2) is 186 Å². The van der Waals surface area contributed by atoms with Gasteiger partial charge in [-0.2, -0.15) is 32.8 Å². The van der Waals surface area contributed by atoms with Crippen LogP contribution in [0.4, 0.5) is 12.9 Å². The molecule has 0 rings (SSSR count). The first-order chi connectivity index (χ1) is 25.9. The first kappa shape index (κ1) is 89.1. The van der Waals surface area contributed by atoms with E-state index in [0.717, 1.165) is 51.3 Å². The van der Waals surface area contributed by atoms with Crippen LogP contribution >= 0.6 is 24.4 Å². The largest absolute Gasteiger partial charge is 0.422 e. The van der Waals surface area contributed by atoms with E-state index in [1.54, 1.807) is 49.6 Å². The fourth-order valence-corrected chi connectivity index (χ4v) is 11.3. The fraction of sp³-hybridized carbons (Fsp3) is 1.00. The number of aliphatic hydroxyl groups excluding tert-OH is 1. The van der Waals surface area contributed by atoms with Gasteiger partial charge in [0.05, 0.1) is 14.2 Å². The Morgan fingerprint density at radius 1 is 0.607 bits per heavy atom. The van der Waals surface area contributed by atoms with Crippen LogP contribution < -0.4 is 0 Å². The molecule has 0 aliphatic rings. The summed E-state index contributed by atoms with van der Waals surface area (Å²) >= 11 is 6.00. The van der Waals surface area contributed by atoms with Crippen LogP contribution in [0.1, 0.15) is 40.0 Å². The normalized spacial score (nSPS) is 11.1. The summed E-state index contributed by atoms with van der Waals surface area (Å²) in [6.07, 6.45) is 7.41. The van der Waals surface area contributed by atoms with Crippen LogP contribution in [0, 0.1) is 0 Å². The standard InChI is InChI=1S/C7H18O4SSi.C7H18O2SSi.C6H16O2SSi.C5H12F2O2SSi.C2H6O4S.C2H6O.CH4.FH.Mo.H2O2.H2O/c1-10-13(4,11-2)7-5-6-12(3,8)9;1-8-11(4,9-2)7-5-6-10-3;1-7-10(3,8-2)6-4-5-9;1-10(8,9)4-3-5-11(2,6)7;1-5-7(3,4)6-2;1-2-3;;;;1-2;/h5-7H2,1-4H3;5-7H2,1-4H3;9H,4-6H2,1-3H3;3-5H2,1-2H3;1-2H3;3H,2H2,1H3;1H4;1H;;1-2H;1H2. The SMILES string of the molecule is C.CCO.COS(=O)(=O)OC.CO[Si](C)(CCCS(C)(=O)=O)OC.CO[Si](C)(CCCS)OC.CO[Si](C)(CCCSC)OC.C[Si](F)(F)CCCS(C)(=O)=O.F.O.OO.[Mo]. The van der Waals surface area contributed by atoms with Crippen LogP contribution in [0.5, 0.6) is 0 Å². The Morgan fingerprint density at radius 3 is 1.03 bits per heavy atom. The van der Waals surface area contributed by atoms with E-state index < -0.39 is 64.5 Å². The first-order valence-electron chi connectivity index (χ1n) is 17.2. The molecule has 61 heavy (non-hydrogen) atoms. The van der Waals surface area contributed by atoms with Gasteiger partial charge >= 0.3 is 44.8 Å². The van der Waals surface area contributed by atoms with Crippen molar-refractivity contribution in [1.29, 1.82) is 0 Å². The maximum Gasteiger partial charge on any atom is 0.422 e. The van der Waals surface area contributed by atoms with Gasteiger partial charge in [0.25, 0.3) is 0 Å². The van der Waals surface area contributed by atoms with E-state index in [1.165, 1.54) is 18.4 Å². The molecule has 0 atom stereocenters. The molecule has 0 aromatic heterocycles. The summed E-state index contributed by atoms with van der Waals surface area (Å²) in [5.41, 5.74) is 0. The Morgan fingerprint density at radius 2 is 0.852 bits per heavy atom. The Labute approximate surface area is 397 Å². The molecule has 0 fully saturated rings. The van der Waals surface area contributed by atoms with Gasteiger partial charge in [0.1, 0.15) is 19.7 Å². The Hall–Kier alpha value is 1.42. The Bertz CT molecular complexity index is 1180. The average Bonchev–Trinajstić information content (AvgIpc) is 3.14. The average molecular weight is 1160 g/mol. The quantitative estimate of drug-likeness (QED) is 0.0246. The van der Waals surface area contributed by atoms with Gasteiger partial charge in [-0.15, -0.1) is 0 Å². The van der Waals surface area contributed by atoms with Gasteiger partial charge in [0.2, 0.25) is 0 Å². The fourth-order valence-electron chi connectivity index (χ4n) is 3.17. The number of aliphatic hydroxyl groups is 1. The second-order valence-corrected chi connectivity index (χ2v) is 33.0. The van der Waals surface area contributed by atoms with Gasteiger partial charge in [-0.1, -0.05) is 7.43 Å². The molecular formula is C30H85F3MoO18S5Si4. The summed E-state index contributed by atoms with van der Waals surface area (Å²) in [6, 6.07) is 2.62. The summed E-state index contributed by atoms with van der Waals surface area (Å²) in [7, 11) is -6.97. The summed E-state index contributed by atoms with van der Waals surface area (Å²) < 4.78 is 126. The van der Waals surface area contributed by atoms with Crippen molar-refractivity contribution in [1.82, 2.24) is 0 Å². The molecule has 5 N–H and O–H groups in total. The molecule has 0 radical (unpaired) electrons. The van der Waals surface area contributed by atoms with Crippen molar-refractivity contribution in [3.63, 3.8) is 0 Å². The third-order valence-electron chi connectivity index (χ3n) is 7.04. The second kappa shape index (κ2) is 52.4. The van der Waals surface area contributed by atoms with E-state index in [1.807, 2.05) is 18.3 Å². The molecule has 0 aliphatic carbocycles. The molecular weight excluding hydrogens is 1070 g/mol. The molecule has 0 aromatic carbocycles. The zero-order valence-corrected chi connectivity index (χ0v) is 48.6. The van der Waals surface area contributed by atoms with E-state index in [4.69, 9.17) is 42.2 Å². The summed E-state index contributed by atoms with van der Waals surface area (Å²) in [4.78, 5) is 0. The van der Waals surface area contributed by atoms with E-state index in [-0.39, 0.29) is 69.3 Å². The van der Waals surface area contributed by atoms with Crippen molar-refractivity contribution >= 4 is 88.9 Å². The van der Waals surface area contributed by atoms with E-state index >= 15 is 0 Å². The van der Waals surface area contributed by atoms with Crippen LogP contribution in [0.15, 0.2) is 0 Å². The molecule has 0 saturated carbocycles. The molecule has 0 aliphatic heterocycles. The molecule has 0 spiro atoms. The minimum Gasteiger partial charge on any atom is -0.412 e. The van der Waals surface area contributed by atoms with E-state index in [0.29, 0.717) is 12.5 Å². The van der Waals surface area contributed by atoms with Crippen molar-refractivity contribution in [2.75, 3.05) is 105 Å². The van der Waals surface area contributed by atoms with E-state index in [9.17, 15) is 33.5 Å². The maximum absolute atomic E-state index is 12.2. The summed E-state index contributed by atoms with van der Waals surface area (Å²) in [5.74, 6) is 2.20. The zero-order chi connectivity index (χ0) is 47.1. The topological polar surface area (TPSA) is 268 Å². The zero-order valence-electron chi connectivity index (χ0n) is 38.4. The molecule has 0 heterocycles. The van der Waals surface area contributed by atoms with Crippen molar-refractivity contribution < 1.29 is 115 Å². The molecule has 0 amide bonds. The number of hydrogen-bond acceptors (Lipinski definition) is 19. The van der Waals surface area contributed by atoms with Crippen LogP contribution in [0.25, 0.3) is 0 Å². The van der Waals surface area contributed by atoms with Gasteiger partial charge in [-0.25, -0.2) is 16.8 Å². The maximum atomic E-state index is 12.2. The molecule has 0 bridgehead atoms. The van der Waals surface area contributed by atoms with Gasteiger partial charge < -0.3 is 37.1 Å². The van der Waals surface area contributed by atoms with Gasteiger partial charge in [0, 0.05) is 94.3 Å². The molecule has 18 nitrogen and oxygen atoms in total. The Balaban J connectivity index is -0.0000000549. The Kier molecular flexibility index (Phi) is 76.5. The second-order valence-electron chi connectivity index (χ2n) is 12.1. The van der Waals surface area contributed by atoms with Crippen LogP contribution in [0.3, 0.4) is 0 Å². The molecule has 31 heteroatoms. The van der Waals surface area contributed by atoms with Crippen molar-refractivity contribution in [2.24, 2.45) is 0 Å². The van der Waals surface area contributed by atoms with Crippen LogP contribution in [-0.2, 0) is 86.1 Å². The smallest absolute Gasteiger partial charge is 0.412 e. The summed E-state index contributed by atoms with van der Waals surface area (Å²) in [6.45, 7) is 8.95. The monoisotopic (exact) mass is 1160 g/mol. The minimum absolute atomic E-state index is 0. The summed E-state index contributed by atoms with van der Waals surface area (Å²) in [5, 5.41) is 19.6. The molecule has 386 valence electrons. The number of thioether (sulfide) groups is 1. The van der Waals surface area contributed by atoms with Crippen molar-refractivity contribution in [3.05, 3.63) is 0 Å². The predicted octanol–water partition coefficient (Wildman–Crippen LogP) is 5.49.